The molecule has 0 atom stereocenters. The van der Waals surface area contributed by atoms with Gasteiger partial charge in [0.25, 0.3) is 0 Å². The number of nitrogens with one attached hydrogen (secondary N) is 3. The minimum absolute atomic E-state index is 0.0334. The normalized spacial score (nSPS) is 10.9. The van der Waals surface area contributed by atoms with Crippen LogP contribution in [-0.4, -0.2) is 80.1 Å². The number of unbranched alkanes of at least 4 members (excludes halogenated alkanes) is 4. The molecule has 0 saturated heterocycles. The van der Waals surface area contributed by atoms with Gasteiger partial charge in [-0.25, -0.2) is 4.79 Å². The Balaban J connectivity index is 4.67. The van der Waals surface area contributed by atoms with E-state index in [1.165, 1.54) is 4.90 Å². The number of rotatable bonds is 17. The van der Waals surface area contributed by atoms with E-state index in [4.69, 9.17) is 16.2 Å². The van der Waals surface area contributed by atoms with E-state index >= 15 is 0 Å². The zero-order valence-electron chi connectivity index (χ0n) is 20.5. The van der Waals surface area contributed by atoms with Gasteiger partial charge in [0, 0.05) is 26.1 Å². The van der Waals surface area contributed by atoms with Gasteiger partial charge in [-0.1, -0.05) is 12.8 Å². The molecule has 0 unspecified atom stereocenters. The van der Waals surface area contributed by atoms with Gasteiger partial charge in [-0.05, 0) is 59.5 Å². The van der Waals surface area contributed by atoms with Gasteiger partial charge < -0.3 is 37.1 Å². The summed E-state index contributed by atoms with van der Waals surface area (Å²) in [6.45, 7) is 6.96. The average molecular weight is 473 g/mol. The van der Waals surface area contributed by atoms with Crippen LogP contribution in [0.1, 0.15) is 65.7 Å². The molecular weight excluding hydrogens is 428 g/mol. The number of hydrogen-bond donors (Lipinski definition) is 5. The Morgan fingerprint density at radius 1 is 0.727 bits per heavy atom. The Bertz CT molecular complexity index is 566. The van der Waals surface area contributed by atoms with Crippen molar-refractivity contribution < 1.29 is 23.9 Å². The number of nitrogens with zero attached hydrogens (tertiary/aromatic N) is 1. The van der Waals surface area contributed by atoms with Crippen LogP contribution in [0.25, 0.3) is 0 Å². The zero-order chi connectivity index (χ0) is 25.1. The highest BCUT2D eigenvalue weighted by molar-refractivity contribution is 5.89. The van der Waals surface area contributed by atoms with Gasteiger partial charge in [0.2, 0.25) is 17.7 Å². The minimum Gasteiger partial charge on any atom is -0.444 e. The fourth-order valence-electron chi connectivity index (χ4n) is 2.78. The molecule has 0 saturated carbocycles. The molecule has 0 rings (SSSR count). The van der Waals surface area contributed by atoms with Gasteiger partial charge >= 0.3 is 6.09 Å². The van der Waals surface area contributed by atoms with E-state index in [2.05, 4.69) is 16.0 Å². The Morgan fingerprint density at radius 3 is 1.64 bits per heavy atom. The number of amides is 4. The fraction of sp³-hybridized carbons (Fsp3) is 0.818. The lowest BCUT2D eigenvalue weighted by Crippen LogP contribution is -2.46. The average Bonchev–Trinajstić information content (AvgIpc) is 2.71. The smallest absolute Gasteiger partial charge is 0.407 e. The van der Waals surface area contributed by atoms with E-state index < -0.39 is 17.6 Å². The van der Waals surface area contributed by atoms with Gasteiger partial charge in [-0.3, -0.25) is 14.4 Å². The SMILES string of the molecule is CC(C)(C)OC(=O)NCCC(=O)N(CC(=O)NCCCCCN)CC(=O)NCCCCCN. The largest absolute Gasteiger partial charge is 0.444 e. The highest BCUT2D eigenvalue weighted by atomic mass is 16.6. The molecule has 0 aliphatic rings. The topological polar surface area (TPSA) is 169 Å². The molecule has 0 aromatic carbocycles. The third-order valence-corrected chi connectivity index (χ3v) is 4.43. The van der Waals surface area contributed by atoms with Gasteiger partial charge in [-0.15, -0.1) is 0 Å². The molecule has 7 N–H and O–H groups in total. The van der Waals surface area contributed by atoms with Crippen LogP contribution in [0.15, 0.2) is 0 Å². The van der Waals surface area contributed by atoms with Crippen molar-refractivity contribution in [1.29, 1.82) is 0 Å². The molecule has 0 radical (unpaired) electrons. The fourth-order valence-corrected chi connectivity index (χ4v) is 2.78. The first kappa shape index (κ1) is 30.6. The molecule has 11 heteroatoms. The monoisotopic (exact) mass is 472 g/mol. The molecule has 0 bridgehead atoms. The lowest BCUT2D eigenvalue weighted by Gasteiger charge is -2.23. The lowest BCUT2D eigenvalue weighted by molar-refractivity contribution is -0.139. The molecule has 192 valence electrons. The van der Waals surface area contributed by atoms with Crippen molar-refractivity contribution in [3.63, 3.8) is 0 Å². The number of carbonyl (C=O) groups is 4. The first-order chi connectivity index (χ1) is 15.6. The van der Waals surface area contributed by atoms with Crippen LogP contribution in [0.5, 0.6) is 0 Å². The standard InChI is InChI=1S/C22H44N6O5/c1-22(2,3)33-21(32)27-15-10-20(31)28(16-18(29)25-13-8-4-6-11-23)17-19(30)26-14-9-5-7-12-24/h4-17,23-24H2,1-3H3,(H,25,29)(H,26,30)(H,27,32). The molecule has 0 aromatic heterocycles. The second-order valence-electron chi connectivity index (χ2n) is 8.83. The minimum atomic E-state index is -0.648. The summed E-state index contributed by atoms with van der Waals surface area (Å²) >= 11 is 0. The van der Waals surface area contributed by atoms with E-state index in [-0.39, 0.29) is 37.9 Å². The quantitative estimate of drug-likeness (QED) is 0.189. The zero-order valence-corrected chi connectivity index (χ0v) is 20.5. The summed E-state index contributed by atoms with van der Waals surface area (Å²) in [5.74, 6) is -1.10. The van der Waals surface area contributed by atoms with E-state index in [1.807, 2.05) is 0 Å². The number of alkyl carbamates (subject to hydrolysis) is 1. The number of ether oxygens (including phenoxy) is 1. The van der Waals surface area contributed by atoms with Crippen LogP contribution in [0.2, 0.25) is 0 Å². The first-order valence-electron chi connectivity index (χ1n) is 11.8. The molecule has 4 amide bonds. The molecule has 33 heavy (non-hydrogen) atoms. The Labute approximate surface area is 197 Å². The maximum Gasteiger partial charge on any atom is 0.407 e. The maximum absolute atomic E-state index is 12.7. The summed E-state index contributed by atoms with van der Waals surface area (Å²) < 4.78 is 5.13. The van der Waals surface area contributed by atoms with Crippen molar-refractivity contribution in [2.24, 2.45) is 11.5 Å². The van der Waals surface area contributed by atoms with Gasteiger partial charge in [0.1, 0.15) is 18.7 Å². The molecular formula is C22H44N6O5. The van der Waals surface area contributed by atoms with Gasteiger partial charge in [-0.2, -0.15) is 0 Å². The van der Waals surface area contributed by atoms with Crippen LogP contribution >= 0.6 is 0 Å². The number of carbonyl (C=O) groups excluding carboxylic acids is 4. The van der Waals surface area contributed by atoms with Crippen molar-refractivity contribution in [2.45, 2.75) is 71.3 Å². The van der Waals surface area contributed by atoms with Gasteiger partial charge in [0.15, 0.2) is 0 Å². The third kappa shape index (κ3) is 18.8. The van der Waals surface area contributed by atoms with Crippen molar-refractivity contribution in [2.75, 3.05) is 45.8 Å². The summed E-state index contributed by atoms with van der Waals surface area (Å²) in [7, 11) is 0. The molecule has 0 aliphatic heterocycles. The highest BCUT2D eigenvalue weighted by Gasteiger charge is 2.21. The maximum atomic E-state index is 12.7. The lowest BCUT2D eigenvalue weighted by atomic mass is 10.2. The summed E-state index contributed by atoms with van der Waals surface area (Å²) in [4.78, 5) is 50.2. The Kier molecular flexibility index (Phi) is 16.8. The van der Waals surface area contributed by atoms with E-state index in [9.17, 15) is 19.2 Å². The number of nitrogens with two attached hydrogens (primary N) is 2. The van der Waals surface area contributed by atoms with E-state index in [0.717, 1.165) is 38.5 Å². The highest BCUT2D eigenvalue weighted by Crippen LogP contribution is 2.06. The van der Waals surface area contributed by atoms with Crippen LogP contribution in [0.3, 0.4) is 0 Å². The van der Waals surface area contributed by atoms with Crippen molar-refractivity contribution in [1.82, 2.24) is 20.9 Å². The van der Waals surface area contributed by atoms with Gasteiger partial charge in [0.05, 0.1) is 0 Å². The van der Waals surface area contributed by atoms with Crippen LogP contribution in [0.4, 0.5) is 4.79 Å². The molecule has 0 heterocycles. The molecule has 0 aliphatic carbocycles. The second kappa shape index (κ2) is 18.1. The Morgan fingerprint density at radius 2 is 1.21 bits per heavy atom. The molecule has 0 aromatic rings. The summed E-state index contributed by atoms with van der Waals surface area (Å²) in [5.41, 5.74) is 10.3. The summed E-state index contributed by atoms with van der Waals surface area (Å²) in [5, 5.41) is 8.03. The van der Waals surface area contributed by atoms with Crippen LogP contribution in [0, 0.1) is 0 Å². The van der Waals surface area contributed by atoms with Crippen molar-refractivity contribution >= 4 is 23.8 Å². The molecule has 0 fully saturated rings. The predicted molar refractivity (Wildman–Crippen MR) is 127 cm³/mol. The molecule has 0 spiro atoms. The first-order valence-corrected chi connectivity index (χ1v) is 11.8. The second-order valence-corrected chi connectivity index (χ2v) is 8.83. The Hall–Kier alpha value is -2.40. The van der Waals surface area contributed by atoms with Crippen LogP contribution < -0.4 is 27.4 Å². The molecule has 11 nitrogen and oxygen atoms in total. The van der Waals surface area contributed by atoms with Crippen molar-refractivity contribution in [3.8, 4) is 0 Å². The van der Waals surface area contributed by atoms with E-state index in [1.54, 1.807) is 20.8 Å². The summed E-state index contributed by atoms with van der Waals surface area (Å²) in [6.07, 6.45) is 4.47. The third-order valence-electron chi connectivity index (χ3n) is 4.43. The van der Waals surface area contributed by atoms with Crippen molar-refractivity contribution in [3.05, 3.63) is 0 Å². The summed E-state index contributed by atoms with van der Waals surface area (Å²) in [6, 6.07) is 0. The van der Waals surface area contributed by atoms with Crippen LogP contribution in [-0.2, 0) is 19.1 Å². The predicted octanol–water partition coefficient (Wildman–Crippen LogP) is 0.220. The van der Waals surface area contributed by atoms with E-state index in [0.29, 0.717) is 26.2 Å². The number of hydrogen-bond acceptors (Lipinski definition) is 7.